The van der Waals surface area contributed by atoms with Gasteiger partial charge < -0.3 is 5.73 Å². The van der Waals surface area contributed by atoms with Crippen molar-refractivity contribution in [2.24, 2.45) is 5.14 Å². The van der Waals surface area contributed by atoms with E-state index in [9.17, 15) is 21.6 Å². The molecule has 0 fully saturated rings. The van der Waals surface area contributed by atoms with Crippen LogP contribution >= 0.6 is 15.9 Å². The molecule has 0 spiro atoms. The summed E-state index contributed by atoms with van der Waals surface area (Å²) >= 11 is 2.68. The van der Waals surface area contributed by atoms with Gasteiger partial charge in [0.1, 0.15) is 4.90 Å². The van der Waals surface area contributed by atoms with Crippen LogP contribution in [0.5, 0.6) is 0 Å². The van der Waals surface area contributed by atoms with E-state index in [4.69, 9.17) is 10.9 Å². The number of sulfonamides is 1. The maximum Gasteiger partial charge on any atom is 0.417 e. The van der Waals surface area contributed by atoms with Crippen LogP contribution in [0, 0.1) is 0 Å². The second kappa shape index (κ2) is 3.90. The van der Waals surface area contributed by atoms with Crippen LogP contribution in [0.25, 0.3) is 0 Å². The van der Waals surface area contributed by atoms with E-state index in [1.807, 2.05) is 0 Å². The fourth-order valence-corrected chi connectivity index (χ4v) is 2.95. The predicted molar refractivity (Wildman–Crippen MR) is 54.9 cm³/mol. The normalized spacial score (nSPS) is 12.8. The lowest BCUT2D eigenvalue weighted by atomic mass is 10.2. The summed E-state index contributed by atoms with van der Waals surface area (Å²) in [5, 5.41) is 4.71. The topological polar surface area (TPSA) is 86.2 Å². The number of nitrogen functional groups attached to an aromatic ring is 1. The summed E-state index contributed by atoms with van der Waals surface area (Å²) in [5.74, 6) is 0. The Kier molecular flexibility index (Phi) is 3.23. The van der Waals surface area contributed by atoms with Crippen molar-refractivity contribution in [3.63, 3.8) is 0 Å². The van der Waals surface area contributed by atoms with Gasteiger partial charge in [0.25, 0.3) is 0 Å². The van der Waals surface area contributed by atoms with E-state index < -0.39 is 26.7 Å². The van der Waals surface area contributed by atoms with Crippen LogP contribution in [-0.2, 0) is 16.2 Å². The van der Waals surface area contributed by atoms with Gasteiger partial charge in [0.15, 0.2) is 0 Å². The zero-order valence-electron chi connectivity index (χ0n) is 7.55. The minimum atomic E-state index is -4.82. The average molecular weight is 319 g/mol. The van der Waals surface area contributed by atoms with Crippen LogP contribution in [0.15, 0.2) is 21.5 Å². The molecule has 0 saturated carbocycles. The number of primary sulfonamides is 1. The predicted octanol–water partition coefficient (Wildman–Crippen LogP) is 1.70. The Balaban J connectivity index is 3.73. The van der Waals surface area contributed by atoms with Crippen molar-refractivity contribution in [1.29, 1.82) is 0 Å². The monoisotopic (exact) mass is 318 g/mol. The summed E-state index contributed by atoms with van der Waals surface area (Å²) < 4.78 is 59.3. The first-order valence-electron chi connectivity index (χ1n) is 3.73. The van der Waals surface area contributed by atoms with Crippen LogP contribution in [-0.4, -0.2) is 8.42 Å². The molecule has 0 aliphatic carbocycles. The number of benzene rings is 1. The van der Waals surface area contributed by atoms with Crippen molar-refractivity contribution < 1.29 is 21.6 Å². The molecule has 0 amide bonds. The number of anilines is 1. The summed E-state index contributed by atoms with van der Waals surface area (Å²) in [5.41, 5.74) is 3.80. The van der Waals surface area contributed by atoms with Crippen molar-refractivity contribution >= 4 is 31.6 Å². The van der Waals surface area contributed by atoms with Crippen LogP contribution in [0.3, 0.4) is 0 Å². The molecule has 90 valence electrons. The number of nitrogens with two attached hydrogens (primary N) is 2. The molecule has 0 unspecified atom stereocenters. The quantitative estimate of drug-likeness (QED) is 0.773. The maximum absolute atomic E-state index is 12.5. The highest BCUT2D eigenvalue weighted by molar-refractivity contribution is 9.10. The Labute approximate surface area is 97.6 Å². The summed E-state index contributed by atoms with van der Waals surface area (Å²) in [4.78, 5) is -1.06. The van der Waals surface area contributed by atoms with Gasteiger partial charge >= 0.3 is 6.18 Å². The van der Waals surface area contributed by atoms with Gasteiger partial charge in [-0.15, -0.1) is 0 Å². The Hall–Kier alpha value is -0.800. The number of rotatable bonds is 1. The first-order chi connectivity index (χ1) is 7.05. The molecule has 4 N–H and O–H groups in total. The minimum absolute atomic E-state index is 0.142. The number of hydrogen-bond donors (Lipinski definition) is 2. The van der Waals surface area contributed by atoms with Crippen molar-refractivity contribution in [1.82, 2.24) is 0 Å². The molecular formula is C7H6BrF3N2O2S. The first kappa shape index (κ1) is 13.3. The van der Waals surface area contributed by atoms with E-state index in [0.29, 0.717) is 6.07 Å². The lowest BCUT2D eigenvalue weighted by molar-refractivity contribution is -0.139. The summed E-state index contributed by atoms with van der Waals surface area (Å²) in [6, 6.07) is 1.52. The zero-order valence-corrected chi connectivity index (χ0v) is 9.95. The molecular weight excluding hydrogens is 313 g/mol. The Morgan fingerprint density at radius 1 is 1.25 bits per heavy atom. The highest BCUT2D eigenvalue weighted by Gasteiger charge is 2.38. The average Bonchev–Trinajstić information content (AvgIpc) is 2.05. The molecule has 0 aliphatic rings. The summed E-state index contributed by atoms with van der Waals surface area (Å²) in [6.07, 6.45) is -4.82. The van der Waals surface area contributed by atoms with Crippen LogP contribution in [0.2, 0.25) is 0 Å². The number of alkyl halides is 3. The van der Waals surface area contributed by atoms with E-state index in [2.05, 4.69) is 15.9 Å². The van der Waals surface area contributed by atoms with Gasteiger partial charge in [0.2, 0.25) is 10.0 Å². The van der Waals surface area contributed by atoms with E-state index in [1.165, 1.54) is 0 Å². The maximum atomic E-state index is 12.5. The number of hydrogen-bond acceptors (Lipinski definition) is 3. The lowest BCUT2D eigenvalue weighted by Crippen LogP contribution is -2.20. The minimum Gasteiger partial charge on any atom is -0.398 e. The molecule has 1 aromatic rings. The van der Waals surface area contributed by atoms with E-state index in [1.54, 1.807) is 0 Å². The molecule has 16 heavy (non-hydrogen) atoms. The van der Waals surface area contributed by atoms with Gasteiger partial charge in [-0.1, -0.05) is 0 Å². The van der Waals surface area contributed by atoms with Crippen LogP contribution in [0.4, 0.5) is 18.9 Å². The SMILES string of the molecule is Nc1ccc(C(F)(F)F)c(S(N)(=O)=O)c1Br. The van der Waals surface area contributed by atoms with Crippen LogP contribution < -0.4 is 10.9 Å². The van der Waals surface area contributed by atoms with Crippen molar-refractivity contribution in [3.05, 3.63) is 22.2 Å². The highest BCUT2D eigenvalue weighted by atomic mass is 79.9. The molecule has 9 heteroatoms. The number of halogens is 4. The van der Waals surface area contributed by atoms with Gasteiger partial charge in [0.05, 0.1) is 10.0 Å². The molecule has 0 aromatic heterocycles. The lowest BCUT2D eigenvalue weighted by Gasteiger charge is -2.13. The third kappa shape index (κ3) is 2.47. The Morgan fingerprint density at radius 2 is 1.75 bits per heavy atom. The molecule has 0 radical (unpaired) electrons. The fourth-order valence-electron chi connectivity index (χ4n) is 1.07. The highest BCUT2D eigenvalue weighted by Crippen LogP contribution is 2.39. The van der Waals surface area contributed by atoms with Crippen LogP contribution in [0.1, 0.15) is 5.56 Å². The van der Waals surface area contributed by atoms with Crippen molar-refractivity contribution in [3.8, 4) is 0 Å². The standard InChI is InChI=1S/C7H6BrF3N2O2S/c8-5-4(12)2-1-3(7(9,10)11)6(5)16(13,14)15/h1-2H,12H2,(H2,13,14,15). The largest absolute Gasteiger partial charge is 0.417 e. The molecule has 0 aliphatic heterocycles. The van der Waals surface area contributed by atoms with E-state index in [0.717, 1.165) is 6.07 Å². The molecule has 0 atom stereocenters. The molecule has 0 bridgehead atoms. The third-order valence-corrected chi connectivity index (χ3v) is 3.83. The fraction of sp³-hybridized carbons (Fsp3) is 0.143. The smallest absolute Gasteiger partial charge is 0.398 e. The van der Waals surface area contributed by atoms with Gasteiger partial charge in [0, 0.05) is 5.69 Å². The summed E-state index contributed by atoms with van der Waals surface area (Å²) in [7, 11) is -4.52. The molecule has 0 saturated heterocycles. The molecule has 1 aromatic carbocycles. The zero-order chi connectivity index (χ0) is 12.7. The molecule has 0 heterocycles. The second-order valence-corrected chi connectivity index (χ2v) is 5.18. The van der Waals surface area contributed by atoms with Gasteiger partial charge in [-0.3, -0.25) is 0 Å². The third-order valence-electron chi connectivity index (χ3n) is 1.72. The van der Waals surface area contributed by atoms with Gasteiger partial charge in [-0.2, -0.15) is 13.2 Å². The van der Waals surface area contributed by atoms with E-state index in [-0.39, 0.29) is 10.2 Å². The van der Waals surface area contributed by atoms with Crippen molar-refractivity contribution in [2.45, 2.75) is 11.1 Å². The van der Waals surface area contributed by atoms with Gasteiger partial charge in [-0.05, 0) is 28.1 Å². The first-order valence-corrected chi connectivity index (χ1v) is 6.07. The summed E-state index contributed by atoms with van der Waals surface area (Å²) in [6.45, 7) is 0. The Morgan fingerprint density at radius 3 is 2.12 bits per heavy atom. The second-order valence-electron chi connectivity index (χ2n) is 2.89. The molecule has 1 rings (SSSR count). The molecule has 4 nitrogen and oxygen atoms in total. The van der Waals surface area contributed by atoms with Gasteiger partial charge in [-0.25, -0.2) is 13.6 Å². The van der Waals surface area contributed by atoms with Crippen molar-refractivity contribution in [2.75, 3.05) is 5.73 Å². The Bertz CT molecular complexity index is 527. The van der Waals surface area contributed by atoms with E-state index >= 15 is 0 Å².